The minimum absolute atomic E-state index is 0.105. The van der Waals surface area contributed by atoms with Gasteiger partial charge < -0.3 is 4.90 Å². The smallest absolute Gasteiger partial charge is 0.270 e. The summed E-state index contributed by atoms with van der Waals surface area (Å²) in [7, 11) is 0. The highest BCUT2D eigenvalue weighted by molar-refractivity contribution is 6.03. The standard InChI is InChI=1S/C18H16N4O2/c23-17-9-4-10-21(17)14-6-3-5-13(11-14)18(24)20-22-12-19-15-7-1-2-8-16(15)22/h1-3,5-8,11-12H,4,9-10H2,(H,20,24). The Morgan fingerprint density at radius 2 is 2.00 bits per heavy atom. The number of carbonyl (C=O) groups is 2. The number of aromatic nitrogens is 2. The molecule has 2 heterocycles. The topological polar surface area (TPSA) is 67.2 Å². The van der Waals surface area contributed by atoms with Crippen LogP contribution in [-0.2, 0) is 4.79 Å². The van der Waals surface area contributed by atoms with Crippen molar-refractivity contribution in [3.8, 4) is 0 Å². The number of rotatable bonds is 3. The molecular weight excluding hydrogens is 304 g/mol. The summed E-state index contributed by atoms with van der Waals surface area (Å²) in [6.07, 6.45) is 3.00. The molecule has 4 rings (SSSR count). The number of nitrogens with one attached hydrogen (secondary N) is 1. The van der Waals surface area contributed by atoms with Crippen LogP contribution in [0.15, 0.2) is 54.9 Å². The summed E-state index contributed by atoms with van der Waals surface area (Å²) in [4.78, 5) is 30.4. The van der Waals surface area contributed by atoms with Gasteiger partial charge in [0.2, 0.25) is 5.91 Å². The quantitative estimate of drug-likeness (QED) is 0.806. The first-order valence-electron chi connectivity index (χ1n) is 7.86. The molecule has 0 saturated carbocycles. The van der Waals surface area contributed by atoms with Crippen LogP contribution in [0.3, 0.4) is 0 Å². The molecule has 2 aromatic carbocycles. The monoisotopic (exact) mass is 320 g/mol. The lowest BCUT2D eigenvalue weighted by atomic mass is 10.2. The lowest BCUT2D eigenvalue weighted by molar-refractivity contribution is -0.117. The zero-order valence-electron chi connectivity index (χ0n) is 13.0. The normalized spacial score (nSPS) is 14.3. The third kappa shape index (κ3) is 2.52. The van der Waals surface area contributed by atoms with Crippen LogP contribution in [0.4, 0.5) is 5.69 Å². The van der Waals surface area contributed by atoms with Crippen molar-refractivity contribution in [3.63, 3.8) is 0 Å². The second-order valence-corrected chi connectivity index (χ2v) is 5.74. The van der Waals surface area contributed by atoms with Crippen LogP contribution in [0.25, 0.3) is 11.0 Å². The van der Waals surface area contributed by atoms with Gasteiger partial charge in [-0.3, -0.25) is 15.0 Å². The highest BCUT2D eigenvalue weighted by Crippen LogP contribution is 2.22. The van der Waals surface area contributed by atoms with E-state index < -0.39 is 0 Å². The Labute approximate surface area is 138 Å². The van der Waals surface area contributed by atoms with Crippen LogP contribution in [0.1, 0.15) is 23.2 Å². The summed E-state index contributed by atoms with van der Waals surface area (Å²) in [6, 6.07) is 14.7. The summed E-state index contributed by atoms with van der Waals surface area (Å²) in [6.45, 7) is 0.704. The fraction of sp³-hybridized carbons (Fsp3) is 0.167. The number of anilines is 1. The number of nitrogens with zero attached hydrogens (tertiary/aromatic N) is 3. The Morgan fingerprint density at radius 1 is 1.12 bits per heavy atom. The molecule has 0 unspecified atom stereocenters. The molecule has 1 aromatic heterocycles. The molecular formula is C18H16N4O2. The molecule has 0 bridgehead atoms. The molecule has 1 aliphatic heterocycles. The van der Waals surface area contributed by atoms with Gasteiger partial charge in [-0.2, -0.15) is 0 Å². The van der Waals surface area contributed by atoms with E-state index in [4.69, 9.17) is 0 Å². The summed E-state index contributed by atoms with van der Waals surface area (Å²) in [5.74, 6) is -0.139. The van der Waals surface area contributed by atoms with Gasteiger partial charge in [-0.25, -0.2) is 9.66 Å². The molecule has 1 saturated heterocycles. The Balaban J connectivity index is 1.59. The average Bonchev–Trinajstić information content (AvgIpc) is 3.22. The maximum atomic E-state index is 12.5. The van der Waals surface area contributed by atoms with Crippen molar-refractivity contribution in [2.75, 3.05) is 16.9 Å². The van der Waals surface area contributed by atoms with Gasteiger partial charge in [0.1, 0.15) is 6.33 Å². The minimum atomic E-state index is -0.244. The number of amides is 2. The van der Waals surface area contributed by atoms with E-state index in [1.54, 1.807) is 34.1 Å². The van der Waals surface area contributed by atoms with Crippen molar-refractivity contribution in [1.29, 1.82) is 0 Å². The van der Waals surface area contributed by atoms with Gasteiger partial charge in [0.05, 0.1) is 11.0 Å². The number of imidazole rings is 1. The number of carbonyl (C=O) groups excluding carboxylic acids is 2. The number of hydrogen-bond donors (Lipinski definition) is 1. The maximum Gasteiger partial charge on any atom is 0.270 e. The summed E-state index contributed by atoms with van der Waals surface area (Å²) >= 11 is 0. The Kier molecular flexibility index (Phi) is 3.49. The van der Waals surface area contributed by atoms with Crippen LogP contribution < -0.4 is 10.3 Å². The number of benzene rings is 2. The molecule has 0 radical (unpaired) electrons. The third-order valence-electron chi connectivity index (χ3n) is 4.17. The minimum Gasteiger partial charge on any atom is -0.312 e. The van der Waals surface area contributed by atoms with Gasteiger partial charge in [0, 0.05) is 24.2 Å². The van der Waals surface area contributed by atoms with E-state index >= 15 is 0 Å². The second kappa shape index (κ2) is 5.81. The van der Waals surface area contributed by atoms with Crippen molar-refractivity contribution < 1.29 is 9.59 Å². The first kappa shape index (κ1) is 14.4. The zero-order valence-corrected chi connectivity index (χ0v) is 13.0. The van der Waals surface area contributed by atoms with Crippen molar-refractivity contribution >= 4 is 28.5 Å². The molecule has 1 aliphatic rings. The van der Waals surface area contributed by atoms with Crippen molar-refractivity contribution in [3.05, 3.63) is 60.4 Å². The number of fused-ring (bicyclic) bond motifs is 1. The van der Waals surface area contributed by atoms with E-state index in [2.05, 4.69) is 10.4 Å². The van der Waals surface area contributed by atoms with Crippen LogP contribution in [0.2, 0.25) is 0 Å². The fourth-order valence-electron chi connectivity index (χ4n) is 2.96. The van der Waals surface area contributed by atoms with Crippen LogP contribution in [0, 0.1) is 0 Å². The highest BCUT2D eigenvalue weighted by atomic mass is 16.2. The maximum absolute atomic E-state index is 12.5. The molecule has 24 heavy (non-hydrogen) atoms. The lowest BCUT2D eigenvalue weighted by Gasteiger charge is -2.16. The molecule has 6 heteroatoms. The molecule has 6 nitrogen and oxygen atoms in total. The molecule has 0 spiro atoms. The SMILES string of the molecule is O=C(Nn1cnc2ccccc21)c1cccc(N2CCCC2=O)c1. The van der Waals surface area contributed by atoms with E-state index in [1.165, 1.54) is 0 Å². The Morgan fingerprint density at radius 3 is 2.83 bits per heavy atom. The van der Waals surface area contributed by atoms with E-state index in [-0.39, 0.29) is 11.8 Å². The first-order chi connectivity index (χ1) is 11.7. The molecule has 0 aliphatic carbocycles. The predicted molar refractivity (Wildman–Crippen MR) is 91.5 cm³/mol. The number of para-hydroxylation sites is 2. The Hall–Kier alpha value is -3.15. The molecule has 3 aromatic rings. The third-order valence-corrected chi connectivity index (χ3v) is 4.17. The Bertz CT molecular complexity index is 931. The predicted octanol–water partition coefficient (Wildman–Crippen LogP) is 2.55. The van der Waals surface area contributed by atoms with Gasteiger partial charge in [0.25, 0.3) is 5.91 Å². The van der Waals surface area contributed by atoms with Crippen LogP contribution in [-0.4, -0.2) is 28.0 Å². The van der Waals surface area contributed by atoms with Crippen LogP contribution in [0.5, 0.6) is 0 Å². The highest BCUT2D eigenvalue weighted by Gasteiger charge is 2.22. The van der Waals surface area contributed by atoms with Gasteiger partial charge in [-0.05, 0) is 36.8 Å². The second-order valence-electron chi connectivity index (χ2n) is 5.74. The fourth-order valence-corrected chi connectivity index (χ4v) is 2.96. The zero-order chi connectivity index (χ0) is 16.5. The first-order valence-corrected chi connectivity index (χ1v) is 7.86. The van der Waals surface area contributed by atoms with E-state index in [0.717, 1.165) is 23.1 Å². The summed E-state index contributed by atoms with van der Waals surface area (Å²) in [5.41, 5.74) is 5.74. The van der Waals surface area contributed by atoms with E-state index in [9.17, 15) is 9.59 Å². The van der Waals surface area contributed by atoms with Crippen molar-refractivity contribution in [1.82, 2.24) is 9.66 Å². The van der Waals surface area contributed by atoms with Gasteiger partial charge >= 0.3 is 0 Å². The van der Waals surface area contributed by atoms with E-state index in [0.29, 0.717) is 18.5 Å². The van der Waals surface area contributed by atoms with Crippen molar-refractivity contribution in [2.24, 2.45) is 0 Å². The summed E-state index contributed by atoms with van der Waals surface area (Å²) in [5, 5.41) is 0. The van der Waals surface area contributed by atoms with E-state index in [1.807, 2.05) is 30.3 Å². The molecule has 120 valence electrons. The number of hydrogen-bond acceptors (Lipinski definition) is 3. The van der Waals surface area contributed by atoms with Gasteiger partial charge in [-0.15, -0.1) is 0 Å². The average molecular weight is 320 g/mol. The van der Waals surface area contributed by atoms with Crippen LogP contribution >= 0.6 is 0 Å². The lowest BCUT2D eigenvalue weighted by Crippen LogP contribution is -2.25. The molecule has 2 amide bonds. The van der Waals surface area contributed by atoms with Gasteiger partial charge in [0.15, 0.2) is 0 Å². The van der Waals surface area contributed by atoms with Crippen molar-refractivity contribution in [2.45, 2.75) is 12.8 Å². The largest absolute Gasteiger partial charge is 0.312 e. The summed E-state index contributed by atoms with van der Waals surface area (Å²) < 4.78 is 1.60. The molecule has 1 fully saturated rings. The molecule has 1 N–H and O–H groups in total. The molecule has 0 atom stereocenters. The van der Waals surface area contributed by atoms with Gasteiger partial charge in [-0.1, -0.05) is 18.2 Å².